The highest BCUT2D eigenvalue weighted by atomic mass is 16.5. The van der Waals surface area contributed by atoms with Crippen molar-refractivity contribution >= 4 is 11.9 Å². The van der Waals surface area contributed by atoms with Crippen molar-refractivity contribution in [3.05, 3.63) is 11.6 Å². The van der Waals surface area contributed by atoms with Gasteiger partial charge in [-0.3, -0.25) is 4.79 Å². The lowest BCUT2D eigenvalue weighted by molar-refractivity contribution is -0.145. The van der Waals surface area contributed by atoms with Gasteiger partial charge in [0, 0.05) is 6.42 Å². The average molecular weight is 270 g/mol. The third-order valence-electron chi connectivity index (χ3n) is 2.38. The quantitative estimate of drug-likeness (QED) is 0.476. The summed E-state index contributed by atoms with van der Waals surface area (Å²) in [7, 11) is 0. The van der Waals surface area contributed by atoms with Crippen molar-refractivity contribution in [2.45, 2.75) is 53.4 Å². The summed E-state index contributed by atoms with van der Waals surface area (Å²) in [5.41, 5.74) is 0.424. The van der Waals surface area contributed by atoms with Gasteiger partial charge in [-0.05, 0) is 18.8 Å². The van der Waals surface area contributed by atoms with Crippen LogP contribution in [0.4, 0.5) is 0 Å². The van der Waals surface area contributed by atoms with E-state index >= 15 is 0 Å². The minimum atomic E-state index is -0.390. The van der Waals surface area contributed by atoms with E-state index in [1.807, 2.05) is 27.7 Å². The van der Waals surface area contributed by atoms with Gasteiger partial charge in [0.15, 0.2) is 0 Å². The Morgan fingerprint density at radius 1 is 1.16 bits per heavy atom. The SMILES string of the molecule is CCC=C(COC(=O)CCCC)C(=O)OCC(C)C. The zero-order valence-electron chi connectivity index (χ0n) is 12.5. The molecule has 0 heterocycles. The van der Waals surface area contributed by atoms with E-state index in [1.165, 1.54) is 0 Å². The van der Waals surface area contributed by atoms with Crippen molar-refractivity contribution in [2.75, 3.05) is 13.2 Å². The van der Waals surface area contributed by atoms with E-state index in [0.717, 1.165) is 12.8 Å². The van der Waals surface area contributed by atoms with Crippen LogP contribution in [0, 0.1) is 5.92 Å². The number of ether oxygens (including phenoxy) is 2. The number of allylic oxidation sites excluding steroid dienone is 1. The third-order valence-corrected chi connectivity index (χ3v) is 2.38. The van der Waals surface area contributed by atoms with Crippen LogP contribution in [-0.2, 0) is 19.1 Å². The van der Waals surface area contributed by atoms with Crippen LogP contribution in [0.5, 0.6) is 0 Å². The zero-order chi connectivity index (χ0) is 14.7. The molecule has 0 fully saturated rings. The molecule has 4 nitrogen and oxygen atoms in total. The number of esters is 2. The van der Waals surface area contributed by atoms with Crippen LogP contribution in [0.2, 0.25) is 0 Å². The lowest BCUT2D eigenvalue weighted by atomic mass is 10.2. The second-order valence-electron chi connectivity index (χ2n) is 4.89. The van der Waals surface area contributed by atoms with Crippen LogP contribution in [0.25, 0.3) is 0 Å². The Morgan fingerprint density at radius 3 is 2.37 bits per heavy atom. The molecule has 0 N–H and O–H groups in total. The molecule has 0 aliphatic heterocycles. The van der Waals surface area contributed by atoms with E-state index in [4.69, 9.17) is 9.47 Å². The Bertz CT molecular complexity index is 305. The predicted octanol–water partition coefficient (Wildman–Crippen LogP) is 3.26. The predicted molar refractivity (Wildman–Crippen MR) is 74.7 cm³/mol. The van der Waals surface area contributed by atoms with Gasteiger partial charge < -0.3 is 9.47 Å². The van der Waals surface area contributed by atoms with Gasteiger partial charge >= 0.3 is 11.9 Å². The molecule has 0 unspecified atom stereocenters. The first-order chi connectivity index (χ1) is 9.01. The van der Waals surface area contributed by atoms with Crippen molar-refractivity contribution in [3.63, 3.8) is 0 Å². The van der Waals surface area contributed by atoms with Crippen LogP contribution < -0.4 is 0 Å². The summed E-state index contributed by atoms with van der Waals surface area (Å²) in [5.74, 6) is -0.363. The molecule has 19 heavy (non-hydrogen) atoms. The molecule has 0 bridgehead atoms. The van der Waals surface area contributed by atoms with E-state index in [-0.39, 0.29) is 18.5 Å². The zero-order valence-corrected chi connectivity index (χ0v) is 12.5. The monoisotopic (exact) mass is 270 g/mol. The Kier molecular flexibility index (Phi) is 9.85. The Morgan fingerprint density at radius 2 is 1.84 bits per heavy atom. The first-order valence-corrected chi connectivity index (χ1v) is 7.03. The summed E-state index contributed by atoms with van der Waals surface area (Å²) in [4.78, 5) is 23.2. The van der Waals surface area contributed by atoms with Crippen molar-refractivity contribution in [3.8, 4) is 0 Å². The first-order valence-electron chi connectivity index (χ1n) is 7.03. The fraction of sp³-hybridized carbons (Fsp3) is 0.733. The number of carbonyl (C=O) groups excluding carboxylic acids is 2. The van der Waals surface area contributed by atoms with Crippen LogP contribution in [0.3, 0.4) is 0 Å². The molecule has 0 aliphatic rings. The van der Waals surface area contributed by atoms with Crippen molar-refractivity contribution in [2.24, 2.45) is 5.92 Å². The lowest BCUT2D eigenvalue weighted by Gasteiger charge is -2.10. The maximum atomic E-state index is 11.8. The number of hydrogen-bond donors (Lipinski definition) is 0. The Hall–Kier alpha value is -1.32. The van der Waals surface area contributed by atoms with Crippen LogP contribution in [-0.4, -0.2) is 25.2 Å². The highest BCUT2D eigenvalue weighted by Crippen LogP contribution is 2.05. The van der Waals surface area contributed by atoms with E-state index in [2.05, 4.69) is 0 Å². The summed E-state index contributed by atoms with van der Waals surface area (Å²) in [5, 5.41) is 0. The highest BCUT2D eigenvalue weighted by Gasteiger charge is 2.13. The number of carbonyl (C=O) groups is 2. The fourth-order valence-corrected chi connectivity index (χ4v) is 1.33. The number of hydrogen-bond acceptors (Lipinski definition) is 4. The highest BCUT2D eigenvalue weighted by molar-refractivity contribution is 5.89. The molecule has 0 amide bonds. The molecular weight excluding hydrogens is 244 g/mol. The average Bonchev–Trinajstić information content (AvgIpc) is 2.38. The molecule has 0 aromatic rings. The van der Waals surface area contributed by atoms with Gasteiger partial charge in [-0.25, -0.2) is 4.79 Å². The van der Waals surface area contributed by atoms with Crippen LogP contribution in [0.15, 0.2) is 11.6 Å². The summed E-state index contributed by atoms with van der Waals surface area (Å²) >= 11 is 0. The van der Waals surface area contributed by atoms with E-state index < -0.39 is 0 Å². The second-order valence-corrected chi connectivity index (χ2v) is 4.89. The molecule has 0 radical (unpaired) electrons. The van der Waals surface area contributed by atoms with Gasteiger partial charge in [-0.2, -0.15) is 0 Å². The third kappa shape index (κ3) is 9.28. The topological polar surface area (TPSA) is 52.6 Å². The van der Waals surface area contributed by atoms with E-state index in [9.17, 15) is 9.59 Å². The van der Waals surface area contributed by atoms with E-state index in [1.54, 1.807) is 6.08 Å². The minimum absolute atomic E-state index is 0.00726. The lowest BCUT2D eigenvalue weighted by Crippen LogP contribution is -2.17. The summed E-state index contributed by atoms with van der Waals surface area (Å²) < 4.78 is 10.2. The molecule has 4 heteroatoms. The van der Waals surface area contributed by atoms with Crippen molar-refractivity contribution in [1.82, 2.24) is 0 Å². The van der Waals surface area contributed by atoms with Gasteiger partial charge in [0.05, 0.1) is 12.2 Å². The first kappa shape index (κ1) is 17.7. The Balaban J connectivity index is 4.22. The molecule has 0 aliphatic carbocycles. The van der Waals surface area contributed by atoms with Crippen molar-refractivity contribution < 1.29 is 19.1 Å². The summed E-state index contributed by atoms with van der Waals surface area (Å²) in [6, 6.07) is 0. The molecule has 0 aromatic carbocycles. The fourth-order valence-electron chi connectivity index (χ4n) is 1.33. The molecular formula is C15H26O4. The molecule has 0 saturated carbocycles. The molecule has 0 spiro atoms. The van der Waals surface area contributed by atoms with Gasteiger partial charge in [-0.1, -0.05) is 40.2 Å². The maximum absolute atomic E-state index is 11.8. The largest absolute Gasteiger partial charge is 0.462 e. The number of unbranched alkanes of at least 4 members (excludes halogenated alkanes) is 1. The minimum Gasteiger partial charge on any atom is -0.462 e. The molecule has 0 saturated heterocycles. The molecule has 0 atom stereocenters. The second kappa shape index (κ2) is 10.6. The molecule has 0 rings (SSSR count). The summed E-state index contributed by atoms with van der Waals surface area (Å²) in [6.07, 6.45) is 4.61. The number of rotatable bonds is 9. The molecule has 110 valence electrons. The van der Waals surface area contributed by atoms with Gasteiger partial charge in [-0.15, -0.1) is 0 Å². The maximum Gasteiger partial charge on any atom is 0.337 e. The smallest absolute Gasteiger partial charge is 0.337 e. The molecule has 0 aromatic heterocycles. The van der Waals surface area contributed by atoms with Gasteiger partial charge in [0.1, 0.15) is 6.61 Å². The Labute approximate surface area is 116 Å². The summed E-state index contributed by atoms with van der Waals surface area (Å²) in [6.45, 7) is 8.27. The van der Waals surface area contributed by atoms with Crippen LogP contribution in [0.1, 0.15) is 53.4 Å². The standard InChI is InChI=1S/C15H26O4/c1-5-7-9-14(16)18-11-13(8-6-2)15(17)19-10-12(3)4/h8,12H,5-7,9-11H2,1-4H3. The van der Waals surface area contributed by atoms with Crippen LogP contribution >= 0.6 is 0 Å². The van der Waals surface area contributed by atoms with Gasteiger partial charge in [0.25, 0.3) is 0 Å². The van der Waals surface area contributed by atoms with Crippen molar-refractivity contribution in [1.29, 1.82) is 0 Å². The van der Waals surface area contributed by atoms with E-state index in [0.29, 0.717) is 30.9 Å². The van der Waals surface area contributed by atoms with Gasteiger partial charge in [0.2, 0.25) is 0 Å². The normalized spacial score (nSPS) is 11.5.